The molecule has 1 fully saturated rings. The zero-order valence-corrected chi connectivity index (χ0v) is 22.9. The molecule has 0 aliphatic carbocycles. The highest BCUT2D eigenvalue weighted by molar-refractivity contribution is 14.0. The van der Waals surface area contributed by atoms with E-state index in [1.54, 1.807) is 0 Å². The molecule has 2 atom stereocenters. The van der Waals surface area contributed by atoms with Crippen LogP contribution in [0.2, 0.25) is 0 Å². The van der Waals surface area contributed by atoms with E-state index in [0.717, 1.165) is 43.5 Å². The molecule has 1 aliphatic rings. The number of aliphatic imine (C=N–C) groups is 1. The van der Waals surface area contributed by atoms with E-state index >= 15 is 0 Å². The molecular weight excluding hydrogens is 537 g/mol. The van der Waals surface area contributed by atoms with Gasteiger partial charge in [0, 0.05) is 31.9 Å². The third-order valence-corrected chi connectivity index (χ3v) is 6.38. The van der Waals surface area contributed by atoms with Crippen LogP contribution < -0.4 is 15.5 Å². The third kappa shape index (κ3) is 6.71. The minimum atomic E-state index is 0. The Bertz CT molecular complexity index is 1060. The monoisotopic (exact) mass is 573 g/mol. The lowest BCUT2D eigenvalue weighted by molar-refractivity contribution is 0.465. The first-order chi connectivity index (χ1) is 16.0. The van der Waals surface area contributed by atoms with Gasteiger partial charge in [-0.2, -0.15) is 0 Å². The summed E-state index contributed by atoms with van der Waals surface area (Å²) in [6.07, 6.45) is 2.27. The largest absolute Gasteiger partial charge is 0.369 e. The number of benzene rings is 2. The predicted octanol–water partition coefficient (Wildman–Crippen LogP) is 4.52. The summed E-state index contributed by atoms with van der Waals surface area (Å²) in [6.45, 7) is 8.76. The smallest absolute Gasteiger partial charge is 0.192 e. The highest BCUT2D eigenvalue weighted by Gasteiger charge is 2.22. The van der Waals surface area contributed by atoms with Crippen LogP contribution >= 0.6 is 24.0 Å². The van der Waals surface area contributed by atoms with Crippen LogP contribution in [0.5, 0.6) is 0 Å². The summed E-state index contributed by atoms with van der Waals surface area (Å²) in [5.74, 6) is 2.55. The molecule has 2 N–H and O–H groups in total. The molecule has 4 rings (SSSR count). The fourth-order valence-electron chi connectivity index (χ4n) is 4.18. The molecule has 1 saturated heterocycles. The summed E-state index contributed by atoms with van der Waals surface area (Å²) in [6, 6.07) is 19.7. The van der Waals surface area contributed by atoms with E-state index in [2.05, 4.69) is 88.1 Å². The van der Waals surface area contributed by atoms with Crippen LogP contribution in [0.4, 0.5) is 5.69 Å². The van der Waals surface area contributed by atoms with Gasteiger partial charge in [-0.1, -0.05) is 48.0 Å². The van der Waals surface area contributed by atoms with Gasteiger partial charge in [-0.15, -0.1) is 34.2 Å². The fourth-order valence-corrected chi connectivity index (χ4v) is 4.18. The van der Waals surface area contributed by atoms with E-state index in [1.807, 2.05) is 24.6 Å². The van der Waals surface area contributed by atoms with E-state index < -0.39 is 0 Å². The van der Waals surface area contributed by atoms with Crippen LogP contribution in [-0.4, -0.2) is 39.9 Å². The number of piperidine rings is 1. The van der Waals surface area contributed by atoms with E-state index in [4.69, 9.17) is 4.99 Å². The molecule has 8 heteroatoms. The summed E-state index contributed by atoms with van der Waals surface area (Å²) < 4.78 is 1.99. The normalized spacial score (nSPS) is 17.1. The molecule has 0 saturated carbocycles. The minimum Gasteiger partial charge on any atom is -0.369 e. The fraction of sp³-hybridized carbons (Fsp3) is 0.423. The maximum atomic E-state index is 4.89. The number of anilines is 1. The molecule has 3 aromatic rings. The van der Waals surface area contributed by atoms with Gasteiger partial charge in [0.25, 0.3) is 0 Å². The lowest BCUT2D eigenvalue weighted by atomic mass is 10.0. The third-order valence-electron chi connectivity index (χ3n) is 6.38. The first kappa shape index (κ1) is 26.0. The topological polar surface area (TPSA) is 70.4 Å². The zero-order valence-electron chi connectivity index (χ0n) is 20.5. The average molecular weight is 574 g/mol. The van der Waals surface area contributed by atoms with E-state index in [0.29, 0.717) is 12.6 Å². The summed E-state index contributed by atoms with van der Waals surface area (Å²) in [5, 5.41) is 15.7. The summed E-state index contributed by atoms with van der Waals surface area (Å²) in [5.41, 5.74) is 3.80. The molecule has 2 unspecified atom stereocenters. The maximum absolute atomic E-state index is 4.89. The minimum absolute atomic E-state index is 0. The van der Waals surface area contributed by atoms with Crippen LogP contribution in [0.1, 0.15) is 48.6 Å². The molecule has 34 heavy (non-hydrogen) atoms. The maximum Gasteiger partial charge on any atom is 0.192 e. The number of nitrogens with zero attached hydrogens (tertiary/aromatic N) is 5. The highest BCUT2D eigenvalue weighted by Crippen LogP contribution is 2.21. The Labute approximate surface area is 220 Å². The van der Waals surface area contributed by atoms with Gasteiger partial charge in [-0.05, 0) is 51.3 Å². The number of halogens is 1. The van der Waals surface area contributed by atoms with E-state index in [9.17, 15) is 0 Å². The molecule has 0 bridgehead atoms. The Morgan fingerprint density at radius 3 is 2.50 bits per heavy atom. The first-order valence-electron chi connectivity index (χ1n) is 11.8. The first-order valence-corrected chi connectivity index (χ1v) is 11.8. The van der Waals surface area contributed by atoms with Crippen molar-refractivity contribution < 1.29 is 0 Å². The molecular formula is C26H36IN7. The van der Waals surface area contributed by atoms with Crippen molar-refractivity contribution in [2.45, 2.75) is 52.2 Å². The molecule has 2 heterocycles. The Morgan fingerprint density at radius 2 is 1.82 bits per heavy atom. The average Bonchev–Trinajstić information content (AvgIpc) is 3.16. The number of hydrogen-bond donors (Lipinski definition) is 2. The van der Waals surface area contributed by atoms with Crippen molar-refractivity contribution >= 4 is 35.6 Å². The molecule has 1 aliphatic heterocycles. The van der Waals surface area contributed by atoms with Crippen molar-refractivity contribution in [3.63, 3.8) is 0 Å². The number of hydrogen-bond acceptors (Lipinski definition) is 4. The molecule has 7 nitrogen and oxygen atoms in total. The molecule has 182 valence electrons. The number of nitrogens with one attached hydrogen (secondary N) is 2. The van der Waals surface area contributed by atoms with Crippen molar-refractivity contribution in [2.24, 2.45) is 12.0 Å². The summed E-state index contributed by atoms with van der Waals surface area (Å²) in [4.78, 5) is 7.35. The zero-order chi connectivity index (χ0) is 23.2. The molecule has 0 amide bonds. The summed E-state index contributed by atoms with van der Waals surface area (Å²) >= 11 is 0. The Kier molecular flexibility index (Phi) is 9.32. The van der Waals surface area contributed by atoms with Crippen molar-refractivity contribution in [3.8, 4) is 0 Å². The van der Waals surface area contributed by atoms with Crippen LogP contribution in [0.15, 0.2) is 59.6 Å². The van der Waals surface area contributed by atoms with Crippen LogP contribution in [0.3, 0.4) is 0 Å². The van der Waals surface area contributed by atoms with Crippen molar-refractivity contribution in [3.05, 3.63) is 77.4 Å². The molecule has 1 aromatic heterocycles. The second-order valence-electron chi connectivity index (χ2n) is 8.93. The SMILES string of the molecule is Cc1ccc(N2CCCC(NC(=NCc3nnc(C)n3C)NC(C)c3ccccc3)C2)cc1.I. The Balaban J connectivity index is 0.00000324. The lowest BCUT2D eigenvalue weighted by Crippen LogP contribution is -2.51. The van der Waals surface area contributed by atoms with Gasteiger partial charge < -0.3 is 20.1 Å². The second kappa shape index (κ2) is 12.2. The van der Waals surface area contributed by atoms with E-state index in [-0.39, 0.29) is 30.0 Å². The standard InChI is InChI=1S/C26H35N7.HI/c1-19-12-14-24(15-13-19)33-16-8-11-23(18-33)29-26(27-17-25-31-30-21(3)32(25)4)28-20(2)22-9-6-5-7-10-22;/h5-7,9-10,12-15,20,23H,8,11,16-18H2,1-4H3,(H2,27,28,29);1H. The Hall–Kier alpha value is -2.62. The number of guanidine groups is 1. The van der Waals surface area contributed by atoms with Crippen molar-refractivity contribution in [1.29, 1.82) is 0 Å². The van der Waals surface area contributed by atoms with Gasteiger partial charge >= 0.3 is 0 Å². The molecule has 0 radical (unpaired) electrons. The van der Waals surface area contributed by atoms with Gasteiger partial charge in [0.05, 0.1) is 6.04 Å². The highest BCUT2D eigenvalue weighted by atomic mass is 127. The van der Waals surface area contributed by atoms with Gasteiger partial charge in [0.1, 0.15) is 12.4 Å². The van der Waals surface area contributed by atoms with Crippen LogP contribution in [0.25, 0.3) is 0 Å². The lowest BCUT2D eigenvalue weighted by Gasteiger charge is -2.36. The van der Waals surface area contributed by atoms with Gasteiger partial charge in [0.15, 0.2) is 11.8 Å². The van der Waals surface area contributed by atoms with Crippen LogP contribution in [0, 0.1) is 13.8 Å². The van der Waals surface area contributed by atoms with Gasteiger partial charge in [-0.25, -0.2) is 4.99 Å². The van der Waals surface area contributed by atoms with Gasteiger partial charge in [0.2, 0.25) is 0 Å². The van der Waals surface area contributed by atoms with Crippen molar-refractivity contribution in [2.75, 3.05) is 18.0 Å². The van der Waals surface area contributed by atoms with Crippen LogP contribution in [-0.2, 0) is 13.6 Å². The molecule has 0 spiro atoms. The molecule has 2 aromatic carbocycles. The number of aromatic nitrogens is 3. The predicted molar refractivity (Wildman–Crippen MR) is 150 cm³/mol. The quantitative estimate of drug-likeness (QED) is 0.258. The van der Waals surface area contributed by atoms with Crippen molar-refractivity contribution in [1.82, 2.24) is 25.4 Å². The second-order valence-corrected chi connectivity index (χ2v) is 8.93. The Morgan fingerprint density at radius 1 is 1.09 bits per heavy atom. The van der Waals surface area contributed by atoms with Gasteiger partial charge in [-0.3, -0.25) is 0 Å². The number of rotatable bonds is 6. The van der Waals surface area contributed by atoms with E-state index in [1.165, 1.54) is 16.8 Å². The summed E-state index contributed by atoms with van der Waals surface area (Å²) in [7, 11) is 1.98. The number of aryl methyl sites for hydroxylation is 2.